The second kappa shape index (κ2) is 5.67. The van der Waals surface area contributed by atoms with Crippen LogP contribution in [0.4, 0.5) is 32.0 Å². The first-order valence-corrected chi connectivity index (χ1v) is 6.17. The summed E-state index contributed by atoms with van der Waals surface area (Å²) in [6, 6.07) is 3.35. The number of alkyl halides is 6. The van der Waals surface area contributed by atoms with E-state index in [0.29, 0.717) is 0 Å². The lowest BCUT2D eigenvalue weighted by Gasteiger charge is -2.12. The van der Waals surface area contributed by atoms with E-state index in [2.05, 4.69) is 9.84 Å². The number of benzene rings is 1. The number of nitrogens with zero attached hydrogens (tertiary/aromatic N) is 2. The van der Waals surface area contributed by atoms with Gasteiger partial charge in [0.15, 0.2) is 12.3 Å². The number of aryl methyl sites for hydroxylation is 1. The molecule has 0 saturated carbocycles. The quantitative estimate of drug-likeness (QED) is 0.686. The largest absolute Gasteiger partial charge is 0.484 e. The van der Waals surface area contributed by atoms with Crippen molar-refractivity contribution in [3.05, 3.63) is 30.1 Å². The van der Waals surface area contributed by atoms with Crippen LogP contribution in [0, 0.1) is 0 Å². The molecule has 1 aromatic carbocycles. The SMILES string of the molecule is Cn1cc(-c2cc(N)cc(OCC(F)(F)F)c2)c(C(F)(F)F)n1. The van der Waals surface area contributed by atoms with Gasteiger partial charge in [0.2, 0.25) is 0 Å². The van der Waals surface area contributed by atoms with Crippen molar-refractivity contribution < 1.29 is 31.1 Å². The van der Waals surface area contributed by atoms with Crippen molar-refractivity contribution in [3.63, 3.8) is 0 Å². The minimum absolute atomic E-state index is 0.0309. The van der Waals surface area contributed by atoms with Gasteiger partial charge in [-0.15, -0.1) is 0 Å². The molecule has 0 atom stereocenters. The fourth-order valence-corrected chi connectivity index (χ4v) is 1.94. The minimum Gasteiger partial charge on any atom is -0.484 e. The molecule has 0 aliphatic carbocycles. The second-order valence-electron chi connectivity index (χ2n) is 4.76. The number of nitrogens with two attached hydrogens (primary N) is 1. The summed E-state index contributed by atoms with van der Waals surface area (Å²) >= 11 is 0. The maximum Gasteiger partial charge on any atom is 0.435 e. The van der Waals surface area contributed by atoms with Crippen LogP contribution in [0.2, 0.25) is 0 Å². The number of nitrogen functional groups attached to an aromatic ring is 1. The summed E-state index contributed by atoms with van der Waals surface area (Å²) in [5.41, 5.74) is 4.00. The predicted molar refractivity (Wildman–Crippen MR) is 69.6 cm³/mol. The zero-order valence-corrected chi connectivity index (χ0v) is 11.7. The van der Waals surface area contributed by atoms with Gasteiger partial charge in [-0.25, -0.2) is 0 Å². The number of ether oxygens (including phenoxy) is 1. The molecule has 2 aromatic rings. The standard InChI is InChI=1S/C13H11F6N3O/c1-22-5-10(11(21-22)13(17,18)19)7-2-8(20)4-9(3-7)23-6-12(14,15)16/h2-5H,6,20H2,1H3. The topological polar surface area (TPSA) is 53.1 Å². The van der Waals surface area contributed by atoms with Gasteiger partial charge in [-0.2, -0.15) is 31.4 Å². The molecular weight excluding hydrogens is 328 g/mol. The van der Waals surface area contributed by atoms with E-state index in [1.807, 2.05) is 0 Å². The molecule has 0 radical (unpaired) electrons. The van der Waals surface area contributed by atoms with Gasteiger partial charge in [0.1, 0.15) is 5.75 Å². The first-order valence-electron chi connectivity index (χ1n) is 6.17. The molecule has 126 valence electrons. The van der Waals surface area contributed by atoms with Crippen molar-refractivity contribution in [2.45, 2.75) is 12.4 Å². The predicted octanol–water partition coefficient (Wildman–Crippen LogP) is 3.63. The van der Waals surface area contributed by atoms with E-state index in [-0.39, 0.29) is 22.6 Å². The van der Waals surface area contributed by atoms with Gasteiger partial charge < -0.3 is 10.5 Å². The summed E-state index contributed by atoms with van der Waals surface area (Å²) in [6.07, 6.45) is -8.18. The Labute approximate surface area is 126 Å². The third-order valence-electron chi connectivity index (χ3n) is 2.74. The van der Waals surface area contributed by atoms with Crippen molar-refractivity contribution in [1.82, 2.24) is 9.78 Å². The lowest BCUT2D eigenvalue weighted by atomic mass is 10.1. The van der Waals surface area contributed by atoms with Gasteiger partial charge in [0.25, 0.3) is 0 Å². The number of hydrogen-bond donors (Lipinski definition) is 1. The second-order valence-corrected chi connectivity index (χ2v) is 4.76. The number of anilines is 1. The maximum atomic E-state index is 13.0. The van der Waals surface area contributed by atoms with Gasteiger partial charge >= 0.3 is 12.4 Å². The lowest BCUT2D eigenvalue weighted by Crippen LogP contribution is -2.19. The monoisotopic (exact) mass is 339 g/mol. The Morgan fingerprint density at radius 2 is 1.78 bits per heavy atom. The van der Waals surface area contributed by atoms with Crippen LogP contribution in [-0.2, 0) is 13.2 Å². The first-order chi connectivity index (χ1) is 10.5. The summed E-state index contributed by atoms with van der Waals surface area (Å²) in [5, 5.41) is 3.33. The van der Waals surface area contributed by atoms with Crippen LogP contribution in [0.3, 0.4) is 0 Å². The van der Waals surface area contributed by atoms with Crippen molar-refractivity contribution in [3.8, 4) is 16.9 Å². The van der Waals surface area contributed by atoms with Crippen molar-refractivity contribution in [1.29, 1.82) is 0 Å². The van der Waals surface area contributed by atoms with E-state index in [9.17, 15) is 26.3 Å². The minimum atomic E-state index is -4.71. The van der Waals surface area contributed by atoms with E-state index in [0.717, 1.165) is 23.0 Å². The van der Waals surface area contributed by atoms with E-state index < -0.39 is 24.7 Å². The first kappa shape index (κ1) is 17.0. The summed E-state index contributed by atoms with van der Waals surface area (Å²) in [6.45, 7) is -1.57. The molecule has 4 nitrogen and oxygen atoms in total. The molecule has 0 amide bonds. The fourth-order valence-electron chi connectivity index (χ4n) is 1.94. The fraction of sp³-hybridized carbons (Fsp3) is 0.308. The number of hydrogen-bond acceptors (Lipinski definition) is 3. The average molecular weight is 339 g/mol. The summed E-state index contributed by atoms with van der Waals surface area (Å²) in [7, 11) is 1.30. The molecule has 0 unspecified atom stereocenters. The Balaban J connectivity index is 2.43. The van der Waals surface area contributed by atoms with E-state index in [1.54, 1.807) is 0 Å². The Bertz CT molecular complexity index is 705. The van der Waals surface area contributed by atoms with Crippen LogP contribution in [0.15, 0.2) is 24.4 Å². The molecule has 0 saturated heterocycles. The molecular formula is C13H11F6N3O. The maximum absolute atomic E-state index is 13.0. The highest BCUT2D eigenvalue weighted by molar-refractivity contribution is 5.71. The summed E-state index contributed by atoms with van der Waals surface area (Å²) in [5.74, 6) is -0.283. The van der Waals surface area contributed by atoms with Crippen LogP contribution in [-0.4, -0.2) is 22.6 Å². The van der Waals surface area contributed by atoms with Gasteiger partial charge in [-0.1, -0.05) is 0 Å². The van der Waals surface area contributed by atoms with Crippen LogP contribution in [0.5, 0.6) is 5.75 Å². The highest BCUT2D eigenvalue weighted by atomic mass is 19.4. The number of aromatic nitrogens is 2. The van der Waals surface area contributed by atoms with E-state index in [4.69, 9.17) is 5.73 Å². The Hall–Kier alpha value is -2.39. The molecule has 1 heterocycles. The van der Waals surface area contributed by atoms with Gasteiger partial charge in [-0.05, 0) is 17.7 Å². The summed E-state index contributed by atoms with van der Waals surface area (Å²) in [4.78, 5) is 0. The molecule has 0 aliphatic rings. The van der Waals surface area contributed by atoms with Crippen LogP contribution >= 0.6 is 0 Å². The molecule has 2 N–H and O–H groups in total. The molecule has 1 aromatic heterocycles. The van der Waals surface area contributed by atoms with Crippen LogP contribution in [0.25, 0.3) is 11.1 Å². The normalized spacial score (nSPS) is 12.5. The van der Waals surface area contributed by atoms with E-state index in [1.165, 1.54) is 13.1 Å². The van der Waals surface area contributed by atoms with Crippen molar-refractivity contribution in [2.24, 2.45) is 7.05 Å². The smallest absolute Gasteiger partial charge is 0.435 e. The Morgan fingerprint density at radius 1 is 1.13 bits per heavy atom. The van der Waals surface area contributed by atoms with Crippen LogP contribution < -0.4 is 10.5 Å². The molecule has 0 bridgehead atoms. The third kappa shape index (κ3) is 4.30. The molecule has 0 spiro atoms. The van der Waals surface area contributed by atoms with Gasteiger partial charge in [0.05, 0.1) is 0 Å². The molecule has 2 rings (SSSR count). The summed E-state index contributed by atoms with van der Waals surface area (Å²) < 4.78 is 80.9. The average Bonchev–Trinajstić information content (AvgIpc) is 2.77. The molecule has 0 fully saturated rings. The number of rotatable bonds is 3. The highest BCUT2D eigenvalue weighted by Crippen LogP contribution is 2.37. The highest BCUT2D eigenvalue weighted by Gasteiger charge is 2.37. The van der Waals surface area contributed by atoms with Crippen molar-refractivity contribution in [2.75, 3.05) is 12.3 Å². The molecule has 0 aliphatic heterocycles. The zero-order chi connectivity index (χ0) is 17.4. The van der Waals surface area contributed by atoms with Crippen molar-refractivity contribution >= 4 is 5.69 Å². The Kier molecular flexibility index (Phi) is 4.18. The third-order valence-corrected chi connectivity index (χ3v) is 2.74. The Morgan fingerprint density at radius 3 is 2.35 bits per heavy atom. The van der Waals surface area contributed by atoms with Gasteiger partial charge in [0, 0.05) is 30.6 Å². The van der Waals surface area contributed by atoms with Crippen LogP contribution in [0.1, 0.15) is 5.69 Å². The molecule has 10 heteroatoms. The van der Waals surface area contributed by atoms with E-state index >= 15 is 0 Å². The zero-order valence-electron chi connectivity index (χ0n) is 11.7. The molecule has 23 heavy (non-hydrogen) atoms. The van der Waals surface area contributed by atoms with Gasteiger partial charge in [-0.3, -0.25) is 4.68 Å². The lowest BCUT2D eigenvalue weighted by molar-refractivity contribution is -0.153. The number of halogens is 6.